The van der Waals surface area contributed by atoms with Gasteiger partial charge in [-0.15, -0.1) is 0 Å². The van der Waals surface area contributed by atoms with E-state index in [1.54, 1.807) is 0 Å². The summed E-state index contributed by atoms with van der Waals surface area (Å²) in [5, 5.41) is 7.92. The molecule has 2 rings (SSSR count). The molecule has 18 heavy (non-hydrogen) atoms. The van der Waals surface area contributed by atoms with Gasteiger partial charge >= 0.3 is 0 Å². The van der Waals surface area contributed by atoms with E-state index in [9.17, 15) is 0 Å². The minimum absolute atomic E-state index is 0.754. The largest absolute Gasteiger partial charge is 0.465 e. The minimum Gasteiger partial charge on any atom is -0.465 e. The van der Waals surface area contributed by atoms with E-state index < -0.39 is 0 Å². The van der Waals surface area contributed by atoms with Gasteiger partial charge in [-0.3, -0.25) is 4.68 Å². The molecule has 98 valence electrons. The first kappa shape index (κ1) is 12.9. The maximum Gasteiger partial charge on any atom is 0.117 e. The van der Waals surface area contributed by atoms with Crippen molar-refractivity contribution in [1.29, 1.82) is 0 Å². The summed E-state index contributed by atoms with van der Waals surface area (Å²) in [5.41, 5.74) is 2.39. The van der Waals surface area contributed by atoms with Crippen molar-refractivity contribution in [3.63, 3.8) is 0 Å². The van der Waals surface area contributed by atoms with Gasteiger partial charge in [0, 0.05) is 13.1 Å². The Kier molecular flexibility index (Phi) is 4.20. The fourth-order valence-electron chi connectivity index (χ4n) is 2.00. The number of hydrogen-bond acceptors (Lipinski definition) is 3. The zero-order valence-electron chi connectivity index (χ0n) is 11.4. The molecule has 0 saturated carbocycles. The third-order valence-electron chi connectivity index (χ3n) is 2.98. The first-order chi connectivity index (χ1) is 8.72. The van der Waals surface area contributed by atoms with Crippen LogP contribution in [-0.4, -0.2) is 9.78 Å². The quantitative estimate of drug-likeness (QED) is 0.853. The molecule has 2 heterocycles. The van der Waals surface area contributed by atoms with E-state index in [-0.39, 0.29) is 0 Å². The Hall–Kier alpha value is -1.55. The van der Waals surface area contributed by atoms with Crippen LogP contribution < -0.4 is 5.32 Å². The standard InChI is InChI=1S/C14H21N3O/c1-4-12-8-13(17(5-2)16-12)9-15-10-14-7-6-11(3)18-14/h6-8,15H,4-5,9-10H2,1-3H3. The van der Waals surface area contributed by atoms with E-state index >= 15 is 0 Å². The third-order valence-corrected chi connectivity index (χ3v) is 2.98. The van der Waals surface area contributed by atoms with Gasteiger partial charge in [0.1, 0.15) is 11.5 Å². The van der Waals surface area contributed by atoms with Crippen molar-refractivity contribution in [3.05, 3.63) is 41.1 Å². The smallest absolute Gasteiger partial charge is 0.117 e. The van der Waals surface area contributed by atoms with Gasteiger partial charge in [-0.1, -0.05) is 6.92 Å². The van der Waals surface area contributed by atoms with E-state index in [4.69, 9.17) is 4.42 Å². The fourth-order valence-corrected chi connectivity index (χ4v) is 2.00. The summed E-state index contributed by atoms with van der Waals surface area (Å²) in [6.07, 6.45) is 0.984. The molecule has 0 unspecified atom stereocenters. The van der Waals surface area contributed by atoms with Gasteiger partial charge in [-0.25, -0.2) is 0 Å². The van der Waals surface area contributed by atoms with Gasteiger partial charge in [0.15, 0.2) is 0 Å². The predicted molar refractivity (Wildman–Crippen MR) is 71.3 cm³/mol. The highest BCUT2D eigenvalue weighted by Gasteiger charge is 2.05. The zero-order chi connectivity index (χ0) is 13.0. The average molecular weight is 247 g/mol. The summed E-state index contributed by atoms with van der Waals surface area (Å²) in [4.78, 5) is 0. The number of nitrogens with zero attached hydrogens (tertiary/aromatic N) is 2. The number of aryl methyl sites for hydroxylation is 3. The van der Waals surface area contributed by atoms with Crippen LogP contribution in [0.25, 0.3) is 0 Å². The van der Waals surface area contributed by atoms with Crippen LogP contribution in [0.5, 0.6) is 0 Å². The van der Waals surface area contributed by atoms with Crippen molar-refractivity contribution in [2.45, 2.75) is 46.8 Å². The van der Waals surface area contributed by atoms with Gasteiger partial charge < -0.3 is 9.73 Å². The number of hydrogen-bond donors (Lipinski definition) is 1. The van der Waals surface area contributed by atoms with Gasteiger partial charge in [0.25, 0.3) is 0 Å². The summed E-state index contributed by atoms with van der Waals surface area (Å²) in [6.45, 7) is 8.70. The number of furan rings is 1. The molecule has 0 aliphatic carbocycles. The summed E-state index contributed by atoms with van der Waals surface area (Å²) < 4.78 is 7.57. The molecular weight excluding hydrogens is 226 g/mol. The van der Waals surface area contributed by atoms with Crippen molar-refractivity contribution in [1.82, 2.24) is 15.1 Å². The van der Waals surface area contributed by atoms with Crippen molar-refractivity contribution in [2.75, 3.05) is 0 Å². The van der Waals surface area contributed by atoms with Gasteiger partial charge in [0.05, 0.1) is 17.9 Å². The summed E-state index contributed by atoms with van der Waals surface area (Å²) in [6, 6.07) is 6.17. The molecule has 0 saturated heterocycles. The van der Waals surface area contributed by atoms with Gasteiger partial charge in [0.2, 0.25) is 0 Å². The fraction of sp³-hybridized carbons (Fsp3) is 0.500. The first-order valence-corrected chi connectivity index (χ1v) is 6.54. The van der Waals surface area contributed by atoms with E-state index in [2.05, 4.69) is 35.0 Å². The second-order valence-corrected chi connectivity index (χ2v) is 4.41. The molecule has 0 fully saturated rings. The SMILES string of the molecule is CCc1cc(CNCc2ccc(C)o2)n(CC)n1. The summed E-state index contributed by atoms with van der Waals surface area (Å²) in [7, 11) is 0. The van der Waals surface area contributed by atoms with Crippen LogP contribution in [-0.2, 0) is 26.1 Å². The van der Waals surface area contributed by atoms with E-state index in [1.165, 1.54) is 5.69 Å². The normalized spacial score (nSPS) is 11.1. The third kappa shape index (κ3) is 3.01. The molecule has 1 N–H and O–H groups in total. The molecule has 0 amide bonds. The van der Waals surface area contributed by atoms with Crippen LogP contribution in [0.2, 0.25) is 0 Å². The van der Waals surface area contributed by atoms with Gasteiger partial charge in [-0.2, -0.15) is 5.10 Å². The lowest BCUT2D eigenvalue weighted by Gasteiger charge is -2.05. The molecular formula is C14H21N3O. The molecule has 2 aromatic heterocycles. The maximum atomic E-state index is 5.52. The van der Waals surface area contributed by atoms with Crippen LogP contribution in [0.4, 0.5) is 0 Å². The summed E-state index contributed by atoms with van der Waals surface area (Å²) in [5.74, 6) is 1.93. The van der Waals surface area contributed by atoms with Gasteiger partial charge in [-0.05, 0) is 38.5 Å². The van der Waals surface area contributed by atoms with Crippen molar-refractivity contribution < 1.29 is 4.42 Å². The topological polar surface area (TPSA) is 43.0 Å². The molecule has 0 aliphatic rings. The molecule has 0 aromatic carbocycles. The summed E-state index contributed by atoms with van der Waals surface area (Å²) >= 11 is 0. The molecule has 0 aliphatic heterocycles. The molecule has 0 atom stereocenters. The van der Waals surface area contributed by atoms with Crippen molar-refractivity contribution >= 4 is 0 Å². The van der Waals surface area contributed by atoms with Crippen molar-refractivity contribution in [3.8, 4) is 0 Å². The van der Waals surface area contributed by atoms with Crippen LogP contribution in [0, 0.1) is 6.92 Å². The Balaban J connectivity index is 1.91. The van der Waals surface area contributed by atoms with E-state index in [0.717, 1.165) is 43.3 Å². The van der Waals surface area contributed by atoms with Crippen LogP contribution >= 0.6 is 0 Å². The maximum absolute atomic E-state index is 5.52. The molecule has 2 aromatic rings. The lowest BCUT2D eigenvalue weighted by molar-refractivity contribution is 0.457. The molecule has 0 radical (unpaired) electrons. The Morgan fingerprint density at radius 2 is 2.11 bits per heavy atom. The van der Waals surface area contributed by atoms with Crippen LogP contribution in [0.1, 0.15) is 36.8 Å². The molecule has 0 spiro atoms. The highest BCUT2D eigenvalue weighted by atomic mass is 16.3. The van der Waals surface area contributed by atoms with Crippen LogP contribution in [0.15, 0.2) is 22.6 Å². The van der Waals surface area contributed by atoms with E-state index in [1.807, 2.05) is 19.1 Å². The number of rotatable bonds is 6. The Bertz CT molecular complexity index is 499. The lowest BCUT2D eigenvalue weighted by atomic mass is 10.3. The Labute approximate surface area is 108 Å². The van der Waals surface area contributed by atoms with Crippen LogP contribution in [0.3, 0.4) is 0 Å². The highest BCUT2D eigenvalue weighted by Crippen LogP contribution is 2.08. The zero-order valence-corrected chi connectivity index (χ0v) is 11.4. The second kappa shape index (κ2) is 5.87. The lowest BCUT2D eigenvalue weighted by Crippen LogP contribution is -2.15. The van der Waals surface area contributed by atoms with E-state index in [0.29, 0.717) is 0 Å². The number of aromatic nitrogens is 2. The molecule has 4 nitrogen and oxygen atoms in total. The Morgan fingerprint density at radius 1 is 1.28 bits per heavy atom. The number of nitrogens with one attached hydrogen (secondary N) is 1. The second-order valence-electron chi connectivity index (χ2n) is 4.41. The highest BCUT2D eigenvalue weighted by molar-refractivity contribution is 5.11. The Morgan fingerprint density at radius 3 is 2.72 bits per heavy atom. The predicted octanol–water partition coefficient (Wildman–Crippen LogP) is 2.66. The van der Waals surface area contributed by atoms with Crippen molar-refractivity contribution in [2.24, 2.45) is 0 Å². The minimum atomic E-state index is 0.754. The molecule has 4 heteroatoms. The average Bonchev–Trinajstić information content (AvgIpc) is 2.95. The monoisotopic (exact) mass is 247 g/mol. The first-order valence-electron chi connectivity index (χ1n) is 6.54. The molecule has 0 bridgehead atoms.